The van der Waals surface area contributed by atoms with Crippen LogP contribution in [0.4, 0.5) is 5.69 Å². The van der Waals surface area contributed by atoms with E-state index in [1.165, 1.54) is 17.0 Å². The number of nitro benzene ring substituents is 1. The molecule has 0 aliphatic rings. The number of aliphatic imine (C=N–C) groups is 1. The van der Waals surface area contributed by atoms with Crippen molar-refractivity contribution in [2.24, 2.45) is 4.99 Å². The van der Waals surface area contributed by atoms with Crippen LogP contribution in [-0.2, 0) is 13.1 Å². The summed E-state index contributed by atoms with van der Waals surface area (Å²) in [5.74, 6) is 0.680. The van der Waals surface area contributed by atoms with Crippen LogP contribution in [-0.4, -0.2) is 29.0 Å². The first-order chi connectivity index (χ1) is 13.2. The predicted octanol–water partition coefficient (Wildman–Crippen LogP) is 3.30. The molecule has 0 aliphatic heterocycles. The lowest BCUT2D eigenvalue weighted by molar-refractivity contribution is -0.384. The molecule has 0 saturated carbocycles. The van der Waals surface area contributed by atoms with Gasteiger partial charge in [0.1, 0.15) is 0 Å². The van der Waals surface area contributed by atoms with Crippen molar-refractivity contribution in [2.75, 3.05) is 13.6 Å². The fourth-order valence-electron chi connectivity index (χ4n) is 2.98. The van der Waals surface area contributed by atoms with Gasteiger partial charge in [0.15, 0.2) is 5.96 Å². The zero-order chi connectivity index (χ0) is 19.1. The SMILES string of the molecule is CN=C(NCCCn1ccc2ccccc21)NCc1cccc([N+](=O)[O-])c1. The molecule has 2 N–H and O–H groups in total. The average molecular weight is 365 g/mol. The molecule has 2 aromatic carbocycles. The Morgan fingerprint density at radius 1 is 1.15 bits per heavy atom. The Balaban J connectivity index is 1.45. The molecule has 0 saturated heterocycles. The van der Waals surface area contributed by atoms with Crippen LogP contribution in [0, 0.1) is 10.1 Å². The van der Waals surface area contributed by atoms with E-state index in [0.29, 0.717) is 12.5 Å². The Bertz CT molecular complexity index is 948. The van der Waals surface area contributed by atoms with Gasteiger partial charge in [-0.15, -0.1) is 0 Å². The summed E-state index contributed by atoms with van der Waals surface area (Å²) in [6, 6.07) is 17.1. The molecule has 7 heteroatoms. The van der Waals surface area contributed by atoms with Crippen LogP contribution < -0.4 is 10.6 Å². The van der Waals surface area contributed by atoms with Crippen LogP contribution in [0.5, 0.6) is 0 Å². The third-order valence-electron chi connectivity index (χ3n) is 4.35. The lowest BCUT2D eigenvalue weighted by Gasteiger charge is -2.12. The van der Waals surface area contributed by atoms with Gasteiger partial charge in [-0.1, -0.05) is 30.3 Å². The van der Waals surface area contributed by atoms with Gasteiger partial charge in [-0.2, -0.15) is 0 Å². The minimum absolute atomic E-state index is 0.0937. The smallest absolute Gasteiger partial charge is 0.269 e. The minimum Gasteiger partial charge on any atom is -0.356 e. The van der Waals surface area contributed by atoms with Crippen molar-refractivity contribution < 1.29 is 4.92 Å². The third kappa shape index (κ3) is 4.84. The predicted molar refractivity (Wildman–Crippen MR) is 108 cm³/mol. The number of hydrogen-bond donors (Lipinski definition) is 2. The van der Waals surface area contributed by atoms with Gasteiger partial charge in [-0.3, -0.25) is 15.1 Å². The quantitative estimate of drug-likeness (QED) is 0.221. The van der Waals surface area contributed by atoms with Crippen molar-refractivity contribution in [1.29, 1.82) is 0 Å². The zero-order valence-corrected chi connectivity index (χ0v) is 15.3. The fourth-order valence-corrected chi connectivity index (χ4v) is 2.98. The van der Waals surface area contributed by atoms with Gasteiger partial charge in [0.2, 0.25) is 0 Å². The first kappa shape index (κ1) is 18.4. The van der Waals surface area contributed by atoms with Crippen molar-refractivity contribution in [2.45, 2.75) is 19.5 Å². The van der Waals surface area contributed by atoms with Crippen LogP contribution in [0.25, 0.3) is 10.9 Å². The van der Waals surface area contributed by atoms with Crippen molar-refractivity contribution in [3.63, 3.8) is 0 Å². The van der Waals surface area contributed by atoms with Gasteiger partial charge in [0.05, 0.1) is 4.92 Å². The zero-order valence-electron chi connectivity index (χ0n) is 15.3. The van der Waals surface area contributed by atoms with Crippen LogP contribution >= 0.6 is 0 Å². The molecule has 3 aromatic rings. The van der Waals surface area contributed by atoms with Crippen molar-refractivity contribution in [1.82, 2.24) is 15.2 Å². The molecule has 0 bridgehead atoms. The van der Waals surface area contributed by atoms with Gasteiger partial charge in [0.25, 0.3) is 5.69 Å². The summed E-state index contributed by atoms with van der Waals surface area (Å²) < 4.78 is 2.25. The summed E-state index contributed by atoms with van der Waals surface area (Å²) in [5.41, 5.74) is 2.17. The second kappa shape index (κ2) is 8.84. The molecule has 1 aromatic heterocycles. The van der Waals surface area contributed by atoms with Crippen LogP contribution in [0.1, 0.15) is 12.0 Å². The summed E-state index contributed by atoms with van der Waals surface area (Å²) in [5, 5.41) is 18.6. The lowest BCUT2D eigenvalue weighted by atomic mass is 10.2. The topological polar surface area (TPSA) is 84.5 Å². The molecule has 0 atom stereocenters. The Labute approximate surface area is 157 Å². The second-order valence-corrected chi connectivity index (χ2v) is 6.20. The summed E-state index contributed by atoms with van der Waals surface area (Å²) in [6.07, 6.45) is 3.07. The monoisotopic (exact) mass is 365 g/mol. The molecule has 0 aliphatic carbocycles. The molecule has 0 radical (unpaired) electrons. The van der Waals surface area contributed by atoms with E-state index in [9.17, 15) is 10.1 Å². The Hall–Kier alpha value is -3.35. The van der Waals surface area contributed by atoms with Crippen LogP contribution in [0.2, 0.25) is 0 Å². The number of benzene rings is 2. The molecule has 27 heavy (non-hydrogen) atoms. The molecular formula is C20H23N5O2. The van der Waals surface area contributed by atoms with Gasteiger partial charge in [-0.25, -0.2) is 0 Å². The summed E-state index contributed by atoms with van der Waals surface area (Å²) >= 11 is 0. The maximum absolute atomic E-state index is 10.8. The highest BCUT2D eigenvalue weighted by Crippen LogP contribution is 2.15. The number of hydrogen-bond acceptors (Lipinski definition) is 3. The second-order valence-electron chi connectivity index (χ2n) is 6.20. The Morgan fingerprint density at radius 2 is 2.00 bits per heavy atom. The Morgan fingerprint density at radius 3 is 2.81 bits per heavy atom. The van der Waals surface area contributed by atoms with Crippen molar-refractivity contribution in [3.05, 3.63) is 76.5 Å². The fraction of sp³-hybridized carbons (Fsp3) is 0.250. The number of aryl methyl sites for hydroxylation is 1. The molecule has 140 valence electrons. The van der Waals surface area contributed by atoms with E-state index in [1.54, 1.807) is 19.2 Å². The molecule has 0 fully saturated rings. The molecule has 3 rings (SSSR count). The average Bonchev–Trinajstić information content (AvgIpc) is 3.11. The number of para-hydroxylation sites is 1. The van der Waals surface area contributed by atoms with E-state index < -0.39 is 0 Å². The van der Waals surface area contributed by atoms with Crippen LogP contribution in [0.15, 0.2) is 65.8 Å². The lowest BCUT2D eigenvalue weighted by Crippen LogP contribution is -2.37. The van der Waals surface area contributed by atoms with E-state index in [4.69, 9.17) is 0 Å². The van der Waals surface area contributed by atoms with E-state index in [1.807, 2.05) is 12.1 Å². The van der Waals surface area contributed by atoms with Crippen molar-refractivity contribution >= 4 is 22.5 Å². The van der Waals surface area contributed by atoms with Crippen molar-refractivity contribution in [3.8, 4) is 0 Å². The molecule has 0 spiro atoms. The largest absolute Gasteiger partial charge is 0.356 e. The Kier molecular flexibility index (Phi) is 6.04. The van der Waals surface area contributed by atoms with Crippen LogP contribution in [0.3, 0.4) is 0 Å². The first-order valence-corrected chi connectivity index (χ1v) is 8.89. The maximum Gasteiger partial charge on any atom is 0.269 e. The van der Waals surface area contributed by atoms with Gasteiger partial charge < -0.3 is 15.2 Å². The van der Waals surface area contributed by atoms with E-state index in [2.05, 4.69) is 50.7 Å². The number of guanidine groups is 1. The molecule has 1 heterocycles. The number of fused-ring (bicyclic) bond motifs is 1. The number of nitrogens with one attached hydrogen (secondary N) is 2. The molecule has 0 amide bonds. The summed E-state index contributed by atoms with van der Waals surface area (Å²) in [7, 11) is 1.71. The molecule has 7 nitrogen and oxygen atoms in total. The number of rotatable bonds is 7. The summed E-state index contributed by atoms with van der Waals surface area (Å²) in [4.78, 5) is 14.7. The normalized spacial score (nSPS) is 11.5. The molecule has 0 unspecified atom stereocenters. The molecular weight excluding hydrogens is 342 g/mol. The first-order valence-electron chi connectivity index (χ1n) is 8.89. The highest BCUT2D eigenvalue weighted by molar-refractivity contribution is 5.80. The number of nitrogens with zero attached hydrogens (tertiary/aromatic N) is 3. The number of nitro groups is 1. The van der Waals surface area contributed by atoms with Gasteiger partial charge in [-0.05, 0) is 29.5 Å². The van der Waals surface area contributed by atoms with Gasteiger partial charge in [0, 0.05) is 50.5 Å². The van der Waals surface area contributed by atoms with Gasteiger partial charge >= 0.3 is 0 Å². The van der Waals surface area contributed by atoms with E-state index >= 15 is 0 Å². The third-order valence-corrected chi connectivity index (χ3v) is 4.35. The summed E-state index contributed by atoms with van der Waals surface area (Å²) in [6.45, 7) is 2.17. The van der Waals surface area contributed by atoms with E-state index in [-0.39, 0.29) is 10.6 Å². The number of aromatic nitrogens is 1. The van der Waals surface area contributed by atoms with E-state index in [0.717, 1.165) is 25.1 Å². The maximum atomic E-state index is 10.8. The number of non-ortho nitro benzene ring substituents is 1. The standard InChI is InChI=1S/C20H23N5O2/c1-21-20(23-15-16-6-4-8-18(14-16)25(26)27)22-11-5-12-24-13-10-17-7-2-3-9-19(17)24/h2-4,6-10,13-14H,5,11-12,15H2,1H3,(H2,21,22,23). The highest BCUT2D eigenvalue weighted by atomic mass is 16.6. The minimum atomic E-state index is -0.387. The highest BCUT2D eigenvalue weighted by Gasteiger charge is 2.06.